The van der Waals surface area contributed by atoms with Gasteiger partial charge in [-0.1, -0.05) is 19.3 Å². The first-order valence-corrected chi connectivity index (χ1v) is 13.5. The molecule has 200 valence electrons. The molecule has 3 aromatic rings. The van der Waals surface area contributed by atoms with Crippen LogP contribution in [0.25, 0.3) is 11.0 Å². The molecular weight excluding hydrogens is 484 g/mol. The van der Waals surface area contributed by atoms with E-state index in [0.717, 1.165) is 57.0 Å². The van der Waals surface area contributed by atoms with Crippen molar-refractivity contribution in [2.75, 3.05) is 32.5 Å². The number of rotatable bonds is 5. The summed E-state index contributed by atoms with van der Waals surface area (Å²) in [5, 5.41) is 7.58. The Balaban J connectivity index is 1.21. The summed E-state index contributed by atoms with van der Waals surface area (Å²) in [7, 11) is 3.32. The summed E-state index contributed by atoms with van der Waals surface area (Å²) >= 11 is 0. The molecule has 0 aromatic carbocycles. The quantitative estimate of drug-likeness (QED) is 0.525. The second-order valence-corrected chi connectivity index (χ2v) is 10.8. The van der Waals surface area contributed by atoms with Gasteiger partial charge in [-0.15, -0.1) is 0 Å². The molecule has 3 fully saturated rings. The minimum absolute atomic E-state index is 0.0225. The summed E-state index contributed by atoms with van der Waals surface area (Å²) in [6.45, 7) is 1.49. The van der Waals surface area contributed by atoms with E-state index in [1.807, 2.05) is 15.5 Å². The minimum Gasteiger partial charge on any atom is -0.393 e. The largest absolute Gasteiger partial charge is 0.415 e. The van der Waals surface area contributed by atoms with Crippen LogP contribution in [-0.4, -0.2) is 80.6 Å². The Morgan fingerprint density at radius 1 is 1.03 bits per heavy atom. The molecule has 2 amide bonds. The number of carbonyl (C=O) groups is 2. The lowest BCUT2D eigenvalue weighted by molar-refractivity contribution is 0.0608. The highest BCUT2D eigenvalue weighted by Crippen LogP contribution is 2.37. The van der Waals surface area contributed by atoms with Crippen LogP contribution >= 0.6 is 0 Å². The van der Waals surface area contributed by atoms with Crippen molar-refractivity contribution in [2.45, 2.75) is 63.1 Å². The van der Waals surface area contributed by atoms with E-state index in [4.69, 9.17) is 9.72 Å². The second-order valence-electron chi connectivity index (χ2n) is 10.8. The lowest BCUT2D eigenvalue weighted by atomic mass is 9.94. The van der Waals surface area contributed by atoms with Crippen LogP contribution in [0, 0.1) is 0 Å². The van der Waals surface area contributed by atoms with E-state index in [9.17, 15) is 9.59 Å². The zero-order valence-corrected chi connectivity index (χ0v) is 21.9. The van der Waals surface area contributed by atoms with E-state index >= 15 is 0 Å². The number of hydrogen-bond acceptors (Lipinski definition) is 8. The third-order valence-corrected chi connectivity index (χ3v) is 7.78. The number of piperidine rings is 1. The first-order chi connectivity index (χ1) is 18.4. The molecule has 3 aliphatic rings. The molecule has 2 N–H and O–H groups in total. The number of nitrogens with zero attached hydrogens (tertiary/aromatic N) is 6. The van der Waals surface area contributed by atoms with Crippen molar-refractivity contribution in [3.63, 3.8) is 0 Å². The molecule has 11 heteroatoms. The molecule has 2 unspecified atom stereocenters. The topological polar surface area (TPSA) is 118 Å². The number of amides is 2. The van der Waals surface area contributed by atoms with Gasteiger partial charge in [0.05, 0.1) is 5.56 Å². The van der Waals surface area contributed by atoms with Crippen LogP contribution in [0.4, 0.5) is 16.6 Å². The lowest BCUT2D eigenvalue weighted by Crippen LogP contribution is -2.59. The van der Waals surface area contributed by atoms with E-state index in [1.165, 1.54) is 11.3 Å². The van der Waals surface area contributed by atoms with Crippen LogP contribution in [-0.2, 0) is 0 Å². The molecule has 6 rings (SSSR count). The summed E-state index contributed by atoms with van der Waals surface area (Å²) in [6, 6.07) is 6.40. The van der Waals surface area contributed by atoms with E-state index in [1.54, 1.807) is 38.6 Å². The molecule has 0 spiro atoms. The maximum absolute atomic E-state index is 13.1. The lowest BCUT2D eigenvalue weighted by Gasteiger charge is -2.42. The van der Waals surface area contributed by atoms with Gasteiger partial charge >= 0.3 is 6.09 Å². The summed E-state index contributed by atoms with van der Waals surface area (Å²) < 4.78 is 7.70. The van der Waals surface area contributed by atoms with Gasteiger partial charge in [-0.3, -0.25) is 9.36 Å². The average molecular weight is 519 g/mol. The van der Waals surface area contributed by atoms with E-state index in [2.05, 4.69) is 20.6 Å². The molecule has 2 bridgehead atoms. The average Bonchev–Trinajstić information content (AvgIpc) is 3.56. The molecule has 1 aliphatic carbocycles. The molecule has 0 radical (unpaired) electrons. The zero-order chi connectivity index (χ0) is 26.2. The first kappa shape index (κ1) is 24.6. The van der Waals surface area contributed by atoms with E-state index in [0.29, 0.717) is 40.9 Å². The van der Waals surface area contributed by atoms with Gasteiger partial charge in [0.1, 0.15) is 11.5 Å². The Labute approximate surface area is 221 Å². The fourth-order valence-corrected chi connectivity index (χ4v) is 5.88. The van der Waals surface area contributed by atoms with Crippen LogP contribution in [0.1, 0.15) is 61.3 Å². The number of anilines is 2. The monoisotopic (exact) mass is 518 g/mol. The van der Waals surface area contributed by atoms with Crippen molar-refractivity contribution in [2.24, 2.45) is 0 Å². The number of nitrogens with one attached hydrogen (secondary N) is 2. The van der Waals surface area contributed by atoms with E-state index in [-0.39, 0.29) is 11.9 Å². The predicted molar refractivity (Wildman–Crippen MR) is 143 cm³/mol. The SMILES string of the molecule is CN(C)C(=O)Oc1cc2cnc(Nc3ccc(C(=O)N4CC5CCCC(C4)N5)cn3)nc2n1C1CCCC1. The second kappa shape index (κ2) is 10.2. The van der Waals surface area contributed by atoms with Crippen LogP contribution in [0.3, 0.4) is 0 Å². The molecule has 2 aliphatic heterocycles. The van der Waals surface area contributed by atoms with Crippen LogP contribution in [0.15, 0.2) is 30.6 Å². The number of fused-ring (bicyclic) bond motifs is 3. The normalized spacial score (nSPS) is 21.5. The molecule has 2 atom stereocenters. The van der Waals surface area contributed by atoms with Gasteiger partial charge < -0.3 is 25.2 Å². The molecule has 1 saturated carbocycles. The third kappa shape index (κ3) is 4.90. The summed E-state index contributed by atoms with van der Waals surface area (Å²) in [4.78, 5) is 42.4. The number of aromatic nitrogens is 4. The zero-order valence-electron chi connectivity index (χ0n) is 21.9. The molecule has 38 heavy (non-hydrogen) atoms. The maximum Gasteiger partial charge on any atom is 0.415 e. The highest BCUT2D eigenvalue weighted by molar-refractivity contribution is 5.94. The molecule has 5 heterocycles. The number of pyridine rings is 1. The smallest absolute Gasteiger partial charge is 0.393 e. The van der Waals surface area contributed by atoms with Crippen molar-refractivity contribution >= 4 is 34.8 Å². The molecule has 11 nitrogen and oxygen atoms in total. The fourth-order valence-electron chi connectivity index (χ4n) is 5.88. The fraction of sp³-hybridized carbons (Fsp3) is 0.519. The van der Waals surface area contributed by atoms with Crippen LogP contribution in [0.2, 0.25) is 0 Å². The van der Waals surface area contributed by atoms with Gasteiger partial charge in [-0.25, -0.2) is 14.8 Å². The Morgan fingerprint density at radius 3 is 2.47 bits per heavy atom. The number of carbonyl (C=O) groups excluding carboxylic acids is 2. The van der Waals surface area contributed by atoms with Gasteiger partial charge in [0.2, 0.25) is 11.8 Å². The Bertz CT molecular complexity index is 1320. The molecule has 3 aromatic heterocycles. The van der Waals surface area contributed by atoms with Crippen molar-refractivity contribution in [1.82, 2.24) is 34.6 Å². The summed E-state index contributed by atoms with van der Waals surface area (Å²) in [6.07, 6.45) is 10.7. The predicted octanol–water partition coefficient (Wildman–Crippen LogP) is 3.71. The molecule has 2 saturated heterocycles. The standard InChI is InChI=1S/C27H34N8O3/c1-33(2)27(37)38-23-12-18-14-29-26(32-24(18)35(23)21-8-3-4-9-21)31-22-11-10-17(13-28-22)25(36)34-15-19-6-5-7-20(16-34)30-19/h10-14,19-21,30H,3-9,15-16H2,1-2H3,(H,28,29,31,32). The van der Waals surface area contributed by atoms with Crippen molar-refractivity contribution in [1.29, 1.82) is 0 Å². The maximum atomic E-state index is 13.1. The van der Waals surface area contributed by atoms with Gasteiger partial charge in [0.25, 0.3) is 5.91 Å². The highest BCUT2D eigenvalue weighted by Gasteiger charge is 2.32. The van der Waals surface area contributed by atoms with Crippen molar-refractivity contribution < 1.29 is 14.3 Å². The number of likely N-dealkylation sites (tertiary alicyclic amines) is 1. The number of hydrogen-bond donors (Lipinski definition) is 2. The van der Waals surface area contributed by atoms with Gasteiger partial charge in [0.15, 0.2) is 0 Å². The summed E-state index contributed by atoms with van der Waals surface area (Å²) in [5.74, 6) is 1.45. The first-order valence-electron chi connectivity index (χ1n) is 13.5. The Morgan fingerprint density at radius 2 is 1.79 bits per heavy atom. The Hall–Kier alpha value is -3.73. The molecular formula is C27H34N8O3. The van der Waals surface area contributed by atoms with Crippen molar-refractivity contribution in [3.8, 4) is 5.88 Å². The van der Waals surface area contributed by atoms with Crippen LogP contribution < -0.4 is 15.4 Å². The minimum atomic E-state index is -0.429. The van der Waals surface area contributed by atoms with E-state index < -0.39 is 6.09 Å². The highest BCUT2D eigenvalue weighted by atomic mass is 16.6. The van der Waals surface area contributed by atoms with Crippen molar-refractivity contribution in [3.05, 3.63) is 36.2 Å². The Kier molecular flexibility index (Phi) is 6.61. The van der Waals surface area contributed by atoms with Gasteiger partial charge in [0, 0.05) is 69.2 Å². The number of ether oxygens (including phenoxy) is 1. The number of piperazine rings is 1. The van der Waals surface area contributed by atoms with Gasteiger partial charge in [-0.05, 0) is 37.8 Å². The van der Waals surface area contributed by atoms with Crippen LogP contribution in [0.5, 0.6) is 5.88 Å². The van der Waals surface area contributed by atoms with Gasteiger partial charge in [-0.2, -0.15) is 4.98 Å². The third-order valence-electron chi connectivity index (χ3n) is 7.78. The summed E-state index contributed by atoms with van der Waals surface area (Å²) in [5.41, 5.74) is 1.29.